The summed E-state index contributed by atoms with van der Waals surface area (Å²) in [6.45, 7) is 7.96. The zero-order valence-electron chi connectivity index (χ0n) is 13.2. The van der Waals surface area contributed by atoms with Crippen LogP contribution >= 0.6 is 0 Å². The van der Waals surface area contributed by atoms with E-state index in [1.54, 1.807) is 14.0 Å². The Morgan fingerprint density at radius 2 is 1.86 bits per heavy atom. The molecule has 21 heavy (non-hydrogen) atoms. The summed E-state index contributed by atoms with van der Waals surface area (Å²) in [6.07, 6.45) is 0. The fraction of sp³-hybridized carbons (Fsp3) is 0.389. The van der Waals surface area contributed by atoms with E-state index >= 15 is 0 Å². The van der Waals surface area contributed by atoms with E-state index in [-0.39, 0.29) is 5.92 Å². The van der Waals surface area contributed by atoms with Gasteiger partial charge in [0.1, 0.15) is 5.75 Å². The molecular weight excluding hydrogens is 264 g/mol. The van der Waals surface area contributed by atoms with Gasteiger partial charge < -0.3 is 9.84 Å². The number of carboxylic acid groups (broad SMARTS) is 1. The molecule has 0 heterocycles. The molecule has 112 valence electrons. The van der Waals surface area contributed by atoms with Gasteiger partial charge in [0.25, 0.3) is 0 Å². The van der Waals surface area contributed by atoms with Crippen LogP contribution < -0.4 is 4.74 Å². The Labute approximate surface area is 125 Å². The number of aliphatic carboxylic acids is 1. The molecular formula is C18H22O3. The van der Waals surface area contributed by atoms with E-state index < -0.39 is 11.9 Å². The van der Waals surface area contributed by atoms with Gasteiger partial charge in [-0.15, -0.1) is 0 Å². The van der Waals surface area contributed by atoms with Gasteiger partial charge in [-0.1, -0.05) is 26.0 Å². The highest BCUT2D eigenvalue weighted by Crippen LogP contribution is 2.36. The standard InChI is InChI=1S/C18H22O3/c1-10(2)16-9-13-8-14(21-5)6-7-15(13)11(3)17(16)12(4)18(19)20/h6-10,12H,1-5H3,(H,19,20)/t12-/m1/s1. The molecule has 0 aliphatic carbocycles. The maximum atomic E-state index is 11.4. The monoisotopic (exact) mass is 286 g/mol. The van der Waals surface area contributed by atoms with Crippen LogP contribution in [-0.4, -0.2) is 18.2 Å². The van der Waals surface area contributed by atoms with Gasteiger partial charge in [0.15, 0.2) is 0 Å². The molecule has 2 aromatic carbocycles. The second-order valence-corrected chi connectivity index (χ2v) is 5.81. The van der Waals surface area contributed by atoms with E-state index in [9.17, 15) is 9.90 Å². The Kier molecular flexibility index (Phi) is 4.21. The molecule has 1 N–H and O–H groups in total. The minimum Gasteiger partial charge on any atom is -0.497 e. The summed E-state index contributed by atoms with van der Waals surface area (Å²) in [6, 6.07) is 8.03. The zero-order chi connectivity index (χ0) is 15.7. The van der Waals surface area contributed by atoms with Crippen molar-refractivity contribution in [2.24, 2.45) is 0 Å². The Morgan fingerprint density at radius 1 is 1.19 bits per heavy atom. The highest BCUT2D eigenvalue weighted by molar-refractivity contribution is 5.91. The number of hydrogen-bond donors (Lipinski definition) is 1. The predicted molar refractivity (Wildman–Crippen MR) is 85.4 cm³/mol. The van der Waals surface area contributed by atoms with Crippen molar-refractivity contribution in [2.45, 2.75) is 39.5 Å². The van der Waals surface area contributed by atoms with Gasteiger partial charge in [0, 0.05) is 0 Å². The third-order valence-electron chi connectivity index (χ3n) is 4.11. The fourth-order valence-corrected chi connectivity index (χ4v) is 2.91. The Hall–Kier alpha value is -2.03. The summed E-state index contributed by atoms with van der Waals surface area (Å²) in [5.41, 5.74) is 3.09. The third kappa shape index (κ3) is 2.73. The minimum atomic E-state index is -0.784. The molecule has 2 rings (SSSR count). The van der Waals surface area contributed by atoms with Crippen LogP contribution in [0.3, 0.4) is 0 Å². The number of rotatable bonds is 4. The van der Waals surface area contributed by atoms with Gasteiger partial charge in [-0.05, 0) is 59.4 Å². The van der Waals surface area contributed by atoms with E-state index in [1.165, 1.54) is 0 Å². The van der Waals surface area contributed by atoms with Crippen molar-refractivity contribution in [3.8, 4) is 5.75 Å². The molecule has 0 aromatic heterocycles. The lowest BCUT2D eigenvalue weighted by molar-refractivity contribution is -0.138. The fourth-order valence-electron chi connectivity index (χ4n) is 2.91. The van der Waals surface area contributed by atoms with Crippen molar-refractivity contribution >= 4 is 16.7 Å². The molecule has 0 saturated carbocycles. The average Bonchev–Trinajstić information content (AvgIpc) is 2.45. The van der Waals surface area contributed by atoms with Crippen LogP contribution in [0.15, 0.2) is 24.3 Å². The van der Waals surface area contributed by atoms with Gasteiger partial charge in [-0.2, -0.15) is 0 Å². The maximum absolute atomic E-state index is 11.4. The number of benzene rings is 2. The second kappa shape index (κ2) is 5.76. The van der Waals surface area contributed by atoms with Crippen LogP contribution in [0.2, 0.25) is 0 Å². The lowest BCUT2D eigenvalue weighted by Crippen LogP contribution is -2.13. The predicted octanol–water partition coefficient (Wildman–Crippen LogP) is 4.47. The van der Waals surface area contributed by atoms with E-state index in [0.717, 1.165) is 33.2 Å². The normalized spacial score (nSPS) is 12.7. The van der Waals surface area contributed by atoms with Gasteiger partial charge >= 0.3 is 5.97 Å². The molecule has 0 aliphatic rings. The lowest BCUT2D eigenvalue weighted by Gasteiger charge is -2.21. The van der Waals surface area contributed by atoms with Crippen LogP contribution in [0, 0.1) is 6.92 Å². The summed E-state index contributed by atoms with van der Waals surface area (Å²) >= 11 is 0. The summed E-state index contributed by atoms with van der Waals surface area (Å²) < 4.78 is 5.28. The van der Waals surface area contributed by atoms with Crippen molar-refractivity contribution in [1.29, 1.82) is 0 Å². The van der Waals surface area contributed by atoms with Gasteiger partial charge in [-0.3, -0.25) is 4.79 Å². The molecule has 0 fully saturated rings. The molecule has 0 unspecified atom stereocenters. The van der Waals surface area contributed by atoms with Crippen molar-refractivity contribution < 1.29 is 14.6 Å². The Morgan fingerprint density at radius 3 is 2.38 bits per heavy atom. The molecule has 0 bridgehead atoms. The number of ether oxygens (including phenoxy) is 1. The van der Waals surface area contributed by atoms with Crippen LogP contribution in [-0.2, 0) is 4.79 Å². The summed E-state index contributed by atoms with van der Waals surface area (Å²) in [5.74, 6) is -0.200. The van der Waals surface area contributed by atoms with E-state index in [4.69, 9.17) is 4.74 Å². The molecule has 2 aromatic rings. The Balaban J connectivity index is 2.80. The summed E-state index contributed by atoms with van der Waals surface area (Å²) in [4.78, 5) is 11.4. The van der Waals surface area contributed by atoms with Crippen LogP contribution in [0.1, 0.15) is 49.3 Å². The number of hydrogen-bond acceptors (Lipinski definition) is 2. The van der Waals surface area contributed by atoms with Gasteiger partial charge in [0.05, 0.1) is 13.0 Å². The Bertz CT molecular complexity index is 686. The molecule has 0 saturated heterocycles. The number of fused-ring (bicyclic) bond motifs is 1. The van der Waals surface area contributed by atoms with Gasteiger partial charge in [-0.25, -0.2) is 0 Å². The first-order chi connectivity index (χ1) is 9.86. The molecule has 0 spiro atoms. The number of carboxylic acids is 1. The minimum absolute atomic E-state index is 0.274. The molecule has 1 atom stereocenters. The molecule has 0 aliphatic heterocycles. The zero-order valence-corrected chi connectivity index (χ0v) is 13.2. The first-order valence-electron chi connectivity index (χ1n) is 7.20. The first-order valence-corrected chi connectivity index (χ1v) is 7.20. The van der Waals surface area contributed by atoms with Crippen LogP contribution in [0.4, 0.5) is 0 Å². The quantitative estimate of drug-likeness (QED) is 0.902. The average molecular weight is 286 g/mol. The highest BCUT2D eigenvalue weighted by atomic mass is 16.5. The summed E-state index contributed by atoms with van der Waals surface area (Å²) in [5, 5.41) is 11.6. The number of aryl methyl sites for hydroxylation is 1. The van der Waals surface area contributed by atoms with Crippen molar-refractivity contribution in [2.75, 3.05) is 7.11 Å². The van der Waals surface area contributed by atoms with Crippen molar-refractivity contribution in [3.63, 3.8) is 0 Å². The molecule has 0 radical (unpaired) electrons. The topological polar surface area (TPSA) is 46.5 Å². The number of carbonyl (C=O) groups is 1. The molecule has 3 heteroatoms. The van der Waals surface area contributed by atoms with E-state index in [1.807, 2.05) is 25.1 Å². The second-order valence-electron chi connectivity index (χ2n) is 5.81. The molecule has 3 nitrogen and oxygen atoms in total. The molecule has 0 amide bonds. The van der Waals surface area contributed by atoms with Crippen LogP contribution in [0.5, 0.6) is 5.75 Å². The maximum Gasteiger partial charge on any atom is 0.310 e. The van der Waals surface area contributed by atoms with E-state index in [2.05, 4.69) is 19.9 Å². The third-order valence-corrected chi connectivity index (χ3v) is 4.11. The smallest absolute Gasteiger partial charge is 0.310 e. The van der Waals surface area contributed by atoms with Gasteiger partial charge in [0.2, 0.25) is 0 Å². The SMILES string of the molecule is COc1ccc2c(C)c([C@@H](C)C(=O)O)c(C(C)C)cc2c1. The summed E-state index contributed by atoms with van der Waals surface area (Å²) in [7, 11) is 1.65. The van der Waals surface area contributed by atoms with E-state index in [0.29, 0.717) is 0 Å². The van der Waals surface area contributed by atoms with Crippen molar-refractivity contribution in [3.05, 3.63) is 41.0 Å². The lowest BCUT2D eigenvalue weighted by atomic mass is 9.83. The number of methoxy groups -OCH3 is 1. The highest BCUT2D eigenvalue weighted by Gasteiger charge is 2.22. The largest absolute Gasteiger partial charge is 0.497 e. The van der Waals surface area contributed by atoms with Crippen molar-refractivity contribution in [1.82, 2.24) is 0 Å². The van der Waals surface area contributed by atoms with Crippen LogP contribution in [0.25, 0.3) is 10.8 Å². The first kappa shape index (κ1) is 15.4.